The molecule has 2 rings (SSSR count). The predicted octanol–water partition coefficient (Wildman–Crippen LogP) is 3.32. The van der Waals surface area contributed by atoms with Crippen molar-refractivity contribution >= 4 is 0 Å². The smallest absolute Gasteiger partial charge is 0.00982 e. The van der Waals surface area contributed by atoms with Gasteiger partial charge in [0.2, 0.25) is 0 Å². The summed E-state index contributed by atoms with van der Waals surface area (Å²) in [6.07, 6.45) is 4.01. The Balaban J connectivity index is 2.01. The Labute approximate surface area is 99.3 Å². The maximum absolute atomic E-state index is 3.58. The summed E-state index contributed by atoms with van der Waals surface area (Å²) in [5.74, 6) is 0. The predicted molar refractivity (Wildman–Crippen MR) is 69.7 cm³/mol. The summed E-state index contributed by atoms with van der Waals surface area (Å²) < 4.78 is 0. The van der Waals surface area contributed by atoms with Crippen molar-refractivity contribution in [1.29, 1.82) is 0 Å². The molecule has 0 saturated heterocycles. The summed E-state index contributed by atoms with van der Waals surface area (Å²) in [5, 5.41) is 3.58. The first-order chi connectivity index (χ1) is 7.66. The summed E-state index contributed by atoms with van der Waals surface area (Å²) in [6.45, 7) is 7.76. The Kier molecular flexibility index (Phi) is 3.34. The second kappa shape index (κ2) is 4.58. The SMILES string of the molecule is CCNC(C)C1(Cc2ccc(C)cc2)CC1. The summed E-state index contributed by atoms with van der Waals surface area (Å²) in [4.78, 5) is 0. The molecule has 1 unspecified atom stereocenters. The highest BCUT2D eigenvalue weighted by atomic mass is 14.9. The molecule has 1 atom stereocenters. The minimum Gasteiger partial charge on any atom is -0.314 e. The van der Waals surface area contributed by atoms with Crippen molar-refractivity contribution in [3.05, 3.63) is 35.4 Å². The summed E-state index contributed by atoms with van der Waals surface area (Å²) in [5.41, 5.74) is 3.40. The molecule has 0 heterocycles. The van der Waals surface area contributed by atoms with E-state index in [9.17, 15) is 0 Å². The average Bonchev–Trinajstić information content (AvgIpc) is 3.03. The van der Waals surface area contributed by atoms with Gasteiger partial charge >= 0.3 is 0 Å². The van der Waals surface area contributed by atoms with Gasteiger partial charge in [-0.2, -0.15) is 0 Å². The van der Waals surface area contributed by atoms with E-state index in [2.05, 4.69) is 50.4 Å². The molecule has 88 valence electrons. The lowest BCUT2D eigenvalue weighted by Gasteiger charge is -2.24. The quantitative estimate of drug-likeness (QED) is 0.798. The Morgan fingerprint density at radius 3 is 2.38 bits per heavy atom. The van der Waals surface area contributed by atoms with Crippen molar-refractivity contribution in [2.45, 2.75) is 46.1 Å². The highest BCUT2D eigenvalue weighted by Gasteiger charge is 2.46. The lowest BCUT2D eigenvalue weighted by molar-refractivity contribution is 0.355. The van der Waals surface area contributed by atoms with Gasteiger partial charge in [0.15, 0.2) is 0 Å². The Bertz CT molecular complexity index is 335. The van der Waals surface area contributed by atoms with E-state index in [4.69, 9.17) is 0 Å². The third-order valence-electron chi connectivity index (χ3n) is 4.00. The maximum Gasteiger partial charge on any atom is 0.00982 e. The van der Waals surface area contributed by atoms with Crippen LogP contribution in [0, 0.1) is 12.3 Å². The number of nitrogens with one attached hydrogen (secondary N) is 1. The Morgan fingerprint density at radius 2 is 1.88 bits per heavy atom. The number of benzene rings is 1. The molecule has 0 radical (unpaired) electrons. The molecule has 1 N–H and O–H groups in total. The average molecular weight is 217 g/mol. The zero-order valence-corrected chi connectivity index (χ0v) is 10.7. The molecular weight excluding hydrogens is 194 g/mol. The molecule has 16 heavy (non-hydrogen) atoms. The van der Waals surface area contributed by atoms with Crippen LogP contribution in [0.3, 0.4) is 0 Å². The van der Waals surface area contributed by atoms with Crippen molar-refractivity contribution in [2.24, 2.45) is 5.41 Å². The molecule has 0 amide bonds. The normalized spacial score (nSPS) is 19.4. The molecule has 1 fully saturated rings. The van der Waals surface area contributed by atoms with Crippen LogP contribution >= 0.6 is 0 Å². The third kappa shape index (κ3) is 2.46. The minimum absolute atomic E-state index is 0.547. The molecule has 1 aliphatic carbocycles. The van der Waals surface area contributed by atoms with E-state index in [1.165, 1.54) is 30.4 Å². The van der Waals surface area contributed by atoms with Gasteiger partial charge in [0.1, 0.15) is 0 Å². The van der Waals surface area contributed by atoms with Crippen molar-refractivity contribution in [3.63, 3.8) is 0 Å². The van der Waals surface area contributed by atoms with Crippen LogP contribution in [0.2, 0.25) is 0 Å². The first-order valence-electron chi connectivity index (χ1n) is 6.45. The molecule has 1 heteroatoms. The van der Waals surface area contributed by atoms with Crippen LogP contribution in [0.5, 0.6) is 0 Å². The van der Waals surface area contributed by atoms with E-state index in [-0.39, 0.29) is 0 Å². The van der Waals surface area contributed by atoms with Crippen LogP contribution in [0.1, 0.15) is 37.8 Å². The molecule has 1 saturated carbocycles. The number of rotatable bonds is 5. The standard InChI is InChI=1S/C15H23N/c1-4-16-13(3)15(9-10-15)11-14-7-5-12(2)6-8-14/h5-8,13,16H,4,9-11H2,1-3H3. The van der Waals surface area contributed by atoms with Crippen LogP contribution in [-0.2, 0) is 6.42 Å². The van der Waals surface area contributed by atoms with E-state index < -0.39 is 0 Å². The summed E-state index contributed by atoms with van der Waals surface area (Å²) in [6, 6.07) is 9.67. The third-order valence-corrected chi connectivity index (χ3v) is 4.00. The highest BCUT2D eigenvalue weighted by Crippen LogP contribution is 2.51. The van der Waals surface area contributed by atoms with Crippen LogP contribution < -0.4 is 5.32 Å². The first kappa shape index (κ1) is 11.7. The van der Waals surface area contributed by atoms with Gasteiger partial charge in [0.05, 0.1) is 0 Å². The van der Waals surface area contributed by atoms with E-state index in [0.29, 0.717) is 11.5 Å². The fourth-order valence-corrected chi connectivity index (χ4v) is 2.56. The van der Waals surface area contributed by atoms with Gasteiger partial charge in [0.25, 0.3) is 0 Å². The summed E-state index contributed by atoms with van der Waals surface area (Å²) >= 11 is 0. The summed E-state index contributed by atoms with van der Waals surface area (Å²) in [7, 11) is 0. The molecule has 1 aromatic carbocycles. The van der Waals surface area contributed by atoms with E-state index >= 15 is 0 Å². The van der Waals surface area contributed by atoms with Crippen molar-refractivity contribution in [1.82, 2.24) is 5.32 Å². The largest absolute Gasteiger partial charge is 0.314 e. The van der Waals surface area contributed by atoms with E-state index in [1.807, 2.05) is 0 Å². The zero-order chi connectivity index (χ0) is 11.6. The topological polar surface area (TPSA) is 12.0 Å². The van der Waals surface area contributed by atoms with Crippen molar-refractivity contribution in [2.75, 3.05) is 6.54 Å². The first-order valence-corrected chi connectivity index (χ1v) is 6.45. The van der Waals surface area contributed by atoms with Gasteiger partial charge in [-0.25, -0.2) is 0 Å². The second-order valence-corrected chi connectivity index (χ2v) is 5.30. The van der Waals surface area contributed by atoms with Crippen LogP contribution in [0.4, 0.5) is 0 Å². The molecule has 1 nitrogen and oxygen atoms in total. The van der Waals surface area contributed by atoms with Crippen LogP contribution in [-0.4, -0.2) is 12.6 Å². The van der Waals surface area contributed by atoms with E-state index in [0.717, 1.165) is 6.54 Å². The fourth-order valence-electron chi connectivity index (χ4n) is 2.56. The van der Waals surface area contributed by atoms with Crippen LogP contribution in [0.25, 0.3) is 0 Å². The Hall–Kier alpha value is -0.820. The molecule has 0 aromatic heterocycles. The second-order valence-electron chi connectivity index (χ2n) is 5.30. The van der Waals surface area contributed by atoms with Gasteiger partial charge < -0.3 is 5.32 Å². The fraction of sp³-hybridized carbons (Fsp3) is 0.600. The lowest BCUT2D eigenvalue weighted by atomic mass is 9.89. The molecule has 0 bridgehead atoms. The monoisotopic (exact) mass is 217 g/mol. The number of aryl methyl sites for hydroxylation is 1. The van der Waals surface area contributed by atoms with Crippen molar-refractivity contribution < 1.29 is 0 Å². The maximum atomic E-state index is 3.58. The number of hydrogen-bond donors (Lipinski definition) is 1. The van der Waals surface area contributed by atoms with Gasteiger partial charge in [-0.05, 0) is 50.6 Å². The van der Waals surface area contributed by atoms with E-state index in [1.54, 1.807) is 0 Å². The van der Waals surface area contributed by atoms with Crippen molar-refractivity contribution in [3.8, 4) is 0 Å². The molecule has 1 aromatic rings. The van der Waals surface area contributed by atoms with Gasteiger partial charge in [0, 0.05) is 6.04 Å². The Morgan fingerprint density at radius 1 is 1.25 bits per heavy atom. The van der Waals surface area contributed by atoms with Crippen LogP contribution in [0.15, 0.2) is 24.3 Å². The molecule has 1 aliphatic rings. The number of hydrogen-bond acceptors (Lipinski definition) is 1. The van der Waals surface area contributed by atoms with Gasteiger partial charge in [-0.1, -0.05) is 36.8 Å². The molecule has 0 spiro atoms. The highest BCUT2D eigenvalue weighted by molar-refractivity contribution is 5.24. The molecule has 0 aliphatic heterocycles. The van der Waals surface area contributed by atoms with Gasteiger partial charge in [-0.3, -0.25) is 0 Å². The lowest BCUT2D eigenvalue weighted by Crippen LogP contribution is -2.35. The minimum atomic E-state index is 0.547. The van der Waals surface area contributed by atoms with Gasteiger partial charge in [-0.15, -0.1) is 0 Å². The molecular formula is C15H23N. The zero-order valence-electron chi connectivity index (χ0n) is 10.7.